The van der Waals surface area contributed by atoms with Crippen LogP contribution in [0.15, 0.2) is 24.3 Å². The number of amides is 1. The van der Waals surface area contributed by atoms with Crippen molar-refractivity contribution in [2.75, 3.05) is 6.54 Å². The molecule has 0 bridgehead atoms. The van der Waals surface area contributed by atoms with E-state index >= 15 is 0 Å². The Morgan fingerprint density at radius 3 is 2.43 bits per heavy atom. The van der Waals surface area contributed by atoms with E-state index in [-0.39, 0.29) is 16.9 Å². The molecule has 1 aliphatic carbocycles. The second kappa shape index (κ2) is 8.14. The van der Waals surface area contributed by atoms with E-state index in [0.29, 0.717) is 12.8 Å². The summed E-state index contributed by atoms with van der Waals surface area (Å²) in [7, 11) is 0. The van der Waals surface area contributed by atoms with Crippen LogP contribution >= 0.6 is 0 Å². The number of rotatable bonds is 6. The van der Waals surface area contributed by atoms with E-state index < -0.39 is 5.97 Å². The van der Waals surface area contributed by atoms with Crippen LogP contribution in [0.4, 0.5) is 0 Å². The Balaban J connectivity index is 1.82. The SMILES string of the molecule is CC1(CNC(=O)CCc2ccccc2C(=O)O)CCCCCC1. The van der Waals surface area contributed by atoms with E-state index in [4.69, 9.17) is 5.11 Å². The van der Waals surface area contributed by atoms with Gasteiger partial charge in [0, 0.05) is 13.0 Å². The Kier molecular flexibility index (Phi) is 6.20. The average molecular weight is 317 g/mol. The smallest absolute Gasteiger partial charge is 0.335 e. The van der Waals surface area contributed by atoms with Gasteiger partial charge in [0.25, 0.3) is 0 Å². The van der Waals surface area contributed by atoms with Gasteiger partial charge in [-0.1, -0.05) is 50.8 Å². The Labute approximate surface area is 138 Å². The zero-order chi connectivity index (χ0) is 16.7. The predicted octanol–water partition coefficient (Wildman–Crippen LogP) is 3.79. The molecule has 1 saturated carbocycles. The van der Waals surface area contributed by atoms with Crippen LogP contribution in [0.1, 0.15) is 67.8 Å². The van der Waals surface area contributed by atoms with E-state index in [9.17, 15) is 9.59 Å². The summed E-state index contributed by atoms with van der Waals surface area (Å²) >= 11 is 0. The number of benzene rings is 1. The molecule has 0 aromatic heterocycles. The summed E-state index contributed by atoms with van der Waals surface area (Å²) in [6, 6.07) is 6.89. The molecule has 1 aromatic rings. The van der Waals surface area contributed by atoms with E-state index in [1.54, 1.807) is 18.2 Å². The molecule has 1 fully saturated rings. The van der Waals surface area contributed by atoms with Gasteiger partial charge >= 0.3 is 5.97 Å². The number of aromatic carboxylic acids is 1. The van der Waals surface area contributed by atoms with E-state index in [0.717, 1.165) is 12.1 Å². The van der Waals surface area contributed by atoms with E-state index in [2.05, 4.69) is 12.2 Å². The van der Waals surface area contributed by atoms with Crippen LogP contribution in [0.5, 0.6) is 0 Å². The minimum absolute atomic E-state index is 0.00987. The number of carboxylic acid groups (broad SMARTS) is 1. The third-order valence-corrected chi connectivity index (χ3v) is 4.89. The van der Waals surface area contributed by atoms with Crippen LogP contribution in [0.2, 0.25) is 0 Å². The Morgan fingerprint density at radius 2 is 1.78 bits per heavy atom. The lowest BCUT2D eigenvalue weighted by Crippen LogP contribution is -2.35. The first-order valence-electron chi connectivity index (χ1n) is 8.58. The second-order valence-corrected chi connectivity index (χ2v) is 6.96. The molecule has 0 aliphatic heterocycles. The molecular formula is C19H27NO3. The molecule has 0 saturated heterocycles. The van der Waals surface area contributed by atoms with Crippen molar-refractivity contribution in [2.24, 2.45) is 5.41 Å². The maximum absolute atomic E-state index is 12.1. The number of carbonyl (C=O) groups excluding carboxylic acids is 1. The summed E-state index contributed by atoms with van der Waals surface area (Å²) in [5.74, 6) is -0.928. The summed E-state index contributed by atoms with van der Waals surface area (Å²) in [6.45, 7) is 2.99. The minimum Gasteiger partial charge on any atom is -0.478 e. The molecule has 0 spiro atoms. The van der Waals surface area contributed by atoms with Gasteiger partial charge in [-0.15, -0.1) is 0 Å². The first-order chi connectivity index (χ1) is 11.0. The van der Waals surface area contributed by atoms with E-state index in [1.165, 1.54) is 38.5 Å². The lowest BCUT2D eigenvalue weighted by Gasteiger charge is -2.28. The third kappa shape index (κ3) is 5.38. The van der Waals surface area contributed by atoms with Crippen LogP contribution in [-0.4, -0.2) is 23.5 Å². The fourth-order valence-corrected chi connectivity index (χ4v) is 3.35. The van der Waals surface area contributed by atoms with Crippen molar-refractivity contribution < 1.29 is 14.7 Å². The van der Waals surface area contributed by atoms with Crippen LogP contribution in [0.3, 0.4) is 0 Å². The summed E-state index contributed by atoms with van der Waals surface area (Å²) in [6.07, 6.45) is 8.25. The first-order valence-corrected chi connectivity index (χ1v) is 8.58. The molecule has 1 aliphatic rings. The normalized spacial score (nSPS) is 17.3. The first kappa shape index (κ1) is 17.5. The third-order valence-electron chi connectivity index (χ3n) is 4.89. The lowest BCUT2D eigenvalue weighted by molar-refractivity contribution is -0.121. The van der Waals surface area contributed by atoms with Gasteiger partial charge in [-0.25, -0.2) is 4.79 Å². The number of hydrogen-bond donors (Lipinski definition) is 2. The zero-order valence-corrected chi connectivity index (χ0v) is 13.9. The Morgan fingerprint density at radius 1 is 1.13 bits per heavy atom. The van der Waals surface area contributed by atoms with Gasteiger partial charge in [0.05, 0.1) is 5.56 Å². The highest BCUT2D eigenvalue weighted by atomic mass is 16.4. The van der Waals surface area contributed by atoms with Crippen molar-refractivity contribution in [3.05, 3.63) is 35.4 Å². The molecule has 126 valence electrons. The topological polar surface area (TPSA) is 66.4 Å². The van der Waals surface area contributed by atoms with Gasteiger partial charge in [0.1, 0.15) is 0 Å². The van der Waals surface area contributed by atoms with Crippen molar-refractivity contribution >= 4 is 11.9 Å². The van der Waals surface area contributed by atoms with Crippen molar-refractivity contribution in [3.63, 3.8) is 0 Å². The van der Waals surface area contributed by atoms with Crippen LogP contribution in [0.25, 0.3) is 0 Å². The molecule has 2 N–H and O–H groups in total. The molecule has 0 heterocycles. The van der Waals surface area contributed by atoms with Crippen LogP contribution in [-0.2, 0) is 11.2 Å². The number of carboxylic acids is 1. The average Bonchev–Trinajstić information content (AvgIpc) is 2.76. The van der Waals surface area contributed by atoms with Gasteiger partial charge < -0.3 is 10.4 Å². The number of aryl methyl sites for hydroxylation is 1. The molecule has 0 atom stereocenters. The lowest BCUT2D eigenvalue weighted by atomic mass is 9.82. The molecule has 4 heteroatoms. The summed E-state index contributed by atoms with van der Waals surface area (Å²) in [5.41, 5.74) is 1.22. The zero-order valence-electron chi connectivity index (χ0n) is 13.9. The fraction of sp³-hybridized carbons (Fsp3) is 0.579. The van der Waals surface area contributed by atoms with Crippen molar-refractivity contribution in [3.8, 4) is 0 Å². The Bertz CT molecular complexity index is 545. The fourth-order valence-electron chi connectivity index (χ4n) is 3.35. The molecule has 1 aromatic carbocycles. The number of carbonyl (C=O) groups is 2. The number of nitrogens with one attached hydrogen (secondary N) is 1. The van der Waals surface area contributed by atoms with Gasteiger partial charge in [-0.05, 0) is 36.3 Å². The summed E-state index contributed by atoms with van der Waals surface area (Å²) in [4.78, 5) is 23.3. The number of hydrogen-bond acceptors (Lipinski definition) is 2. The second-order valence-electron chi connectivity index (χ2n) is 6.96. The quantitative estimate of drug-likeness (QED) is 0.784. The molecule has 4 nitrogen and oxygen atoms in total. The maximum atomic E-state index is 12.1. The Hall–Kier alpha value is -1.84. The predicted molar refractivity (Wildman–Crippen MR) is 90.5 cm³/mol. The standard InChI is InChI=1S/C19H27NO3/c1-19(12-6-2-3-7-13-19)14-20-17(21)11-10-15-8-4-5-9-16(15)18(22)23/h4-5,8-9H,2-3,6-7,10-14H2,1H3,(H,20,21)(H,22,23). The summed E-state index contributed by atoms with van der Waals surface area (Å²) < 4.78 is 0. The van der Waals surface area contributed by atoms with Crippen LogP contribution in [0, 0.1) is 5.41 Å². The van der Waals surface area contributed by atoms with Gasteiger partial charge in [0.2, 0.25) is 5.91 Å². The van der Waals surface area contributed by atoms with Gasteiger partial charge in [0.15, 0.2) is 0 Å². The van der Waals surface area contributed by atoms with Gasteiger partial charge in [-0.2, -0.15) is 0 Å². The largest absolute Gasteiger partial charge is 0.478 e. The molecule has 0 radical (unpaired) electrons. The molecular weight excluding hydrogens is 290 g/mol. The highest BCUT2D eigenvalue weighted by Gasteiger charge is 2.25. The molecule has 1 amide bonds. The summed E-state index contributed by atoms with van der Waals surface area (Å²) in [5, 5.41) is 12.2. The van der Waals surface area contributed by atoms with Crippen LogP contribution < -0.4 is 5.32 Å². The monoisotopic (exact) mass is 317 g/mol. The highest BCUT2D eigenvalue weighted by molar-refractivity contribution is 5.89. The van der Waals surface area contributed by atoms with Crippen molar-refractivity contribution in [2.45, 2.75) is 58.3 Å². The molecule has 2 rings (SSSR count). The van der Waals surface area contributed by atoms with Gasteiger partial charge in [-0.3, -0.25) is 4.79 Å². The maximum Gasteiger partial charge on any atom is 0.335 e. The highest BCUT2D eigenvalue weighted by Crippen LogP contribution is 2.33. The molecule has 0 unspecified atom stereocenters. The van der Waals surface area contributed by atoms with E-state index in [1.807, 2.05) is 6.07 Å². The van der Waals surface area contributed by atoms with Crippen molar-refractivity contribution in [1.29, 1.82) is 0 Å². The van der Waals surface area contributed by atoms with Crippen molar-refractivity contribution in [1.82, 2.24) is 5.32 Å². The minimum atomic E-state index is -0.938. The molecule has 23 heavy (non-hydrogen) atoms.